The van der Waals surface area contributed by atoms with Crippen molar-refractivity contribution in [2.24, 2.45) is 0 Å². The number of fused-ring (bicyclic) bond motifs is 1. The molecule has 10 heteroatoms. The number of nitrogens with zero attached hydrogens (tertiary/aromatic N) is 3. The molecule has 0 spiro atoms. The van der Waals surface area contributed by atoms with Crippen molar-refractivity contribution in [2.75, 3.05) is 44.8 Å². The Morgan fingerprint density at radius 3 is 2.48 bits per heavy atom. The lowest BCUT2D eigenvalue weighted by Gasteiger charge is -2.36. The highest BCUT2D eigenvalue weighted by atomic mass is 16.6. The van der Waals surface area contributed by atoms with Gasteiger partial charge in [0.05, 0.1) is 24.7 Å². The number of methoxy groups -OCH3 is 1. The predicted octanol–water partition coefficient (Wildman–Crippen LogP) is 2.78. The molecule has 0 aliphatic carbocycles. The zero-order valence-corrected chi connectivity index (χ0v) is 18.1. The third kappa shape index (κ3) is 5.05. The Morgan fingerprint density at radius 1 is 1.09 bits per heavy atom. The second-order valence-electron chi connectivity index (χ2n) is 7.60. The number of amides is 1. The van der Waals surface area contributed by atoms with Crippen molar-refractivity contribution < 1.29 is 28.4 Å². The summed E-state index contributed by atoms with van der Waals surface area (Å²) in [5.41, 5.74) is 2.20. The lowest BCUT2D eigenvalue weighted by atomic mass is 10.1. The average Bonchev–Trinajstić information content (AvgIpc) is 3.24. The monoisotopic (exact) mass is 453 g/mol. The zero-order valence-electron chi connectivity index (χ0n) is 18.1. The van der Waals surface area contributed by atoms with Crippen molar-refractivity contribution in [1.82, 2.24) is 4.90 Å². The van der Waals surface area contributed by atoms with Crippen LogP contribution in [-0.2, 0) is 20.7 Å². The molecule has 0 saturated carbocycles. The van der Waals surface area contributed by atoms with Gasteiger partial charge in [-0.1, -0.05) is 0 Å². The molecular weight excluding hydrogens is 430 g/mol. The third-order valence-corrected chi connectivity index (χ3v) is 5.61. The van der Waals surface area contributed by atoms with Crippen LogP contribution < -0.4 is 9.64 Å². The quantitative estimate of drug-likeness (QED) is 0.305. The molecule has 172 valence electrons. The Bertz CT molecular complexity index is 1160. The number of hydrogen-bond donors (Lipinski definition) is 0. The van der Waals surface area contributed by atoms with E-state index < -0.39 is 10.9 Å². The van der Waals surface area contributed by atoms with Gasteiger partial charge >= 0.3 is 5.97 Å². The number of nitro groups is 1. The summed E-state index contributed by atoms with van der Waals surface area (Å²) in [4.78, 5) is 38.8. The molecule has 1 aliphatic heterocycles. The maximum absolute atomic E-state index is 12.5. The fraction of sp³-hybridized carbons (Fsp3) is 0.304. The van der Waals surface area contributed by atoms with E-state index >= 15 is 0 Å². The van der Waals surface area contributed by atoms with Gasteiger partial charge in [0.25, 0.3) is 11.6 Å². The molecule has 0 atom stereocenters. The van der Waals surface area contributed by atoms with Gasteiger partial charge in [-0.25, -0.2) is 0 Å². The lowest BCUT2D eigenvalue weighted by Crippen LogP contribution is -2.49. The topological polar surface area (TPSA) is 115 Å². The molecule has 1 amide bonds. The highest BCUT2D eigenvalue weighted by molar-refractivity contribution is 5.87. The number of ether oxygens (including phenoxy) is 2. The van der Waals surface area contributed by atoms with E-state index in [0.29, 0.717) is 43.1 Å². The van der Waals surface area contributed by atoms with E-state index in [9.17, 15) is 19.7 Å². The van der Waals surface area contributed by atoms with Crippen molar-refractivity contribution in [3.63, 3.8) is 0 Å². The lowest BCUT2D eigenvalue weighted by molar-refractivity contribution is -0.384. The van der Waals surface area contributed by atoms with E-state index in [4.69, 9.17) is 13.9 Å². The standard InChI is InChI=1S/C23H23N3O7/c1-31-19-6-7-20-16(14-32-21(20)13-19)12-23(28)33-15-22(27)25-10-8-24(9-11-25)17-2-4-18(5-3-17)26(29)30/h2-7,13-14H,8-12,15H2,1H3. The number of rotatable bonds is 7. The van der Waals surface area contributed by atoms with Crippen molar-refractivity contribution in [1.29, 1.82) is 0 Å². The molecule has 3 aromatic rings. The number of furan rings is 1. The number of nitro benzene ring substituents is 1. The fourth-order valence-electron chi connectivity index (χ4n) is 3.77. The number of carbonyl (C=O) groups is 2. The molecular formula is C23H23N3O7. The Labute approximate surface area is 189 Å². The van der Waals surface area contributed by atoms with Crippen LogP contribution in [-0.4, -0.2) is 61.6 Å². The van der Waals surface area contributed by atoms with Crippen LogP contribution in [0.25, 0.3) is 11.0 Å². The molecule has 1 saturated heterocycles. The molecule has 1 fully saturated rings. The summed E-state index contributed by atoms with van der Waals surface area (Å²) in [7, 11) is 1.56. The maximum Gasteiger partial charge on any atom is 0.310 e. The molecule has 10 nitrogen and oxygen atoms in total. The minimum Gasteiger partial charge on any atom is -0.497 e. The Hall–Kier alpha value is -4.08. The van der Waals surface area contributed by atoms with Crippen LogP contribution in [0.3, 0.4) is 0 Å². The minimum absolute atomic E-state index is 0.000526. The first-order valence-electron chi connectivity index (χ1n) is 10.4. The first-order chi connectivity index (χ1) is 15.9. The van der Waals surface area contributed by atoms with Gasteiger partial charge in [-0.3, -0.25) is 19.7 Å². The van der Waals surface area contributed by atoms with Crippen LogP contribution in [0.1, 0.15) is 5.56 Å². The number of esters is 1. The highest BCUT2D eigenvalue weighted by Gasteiger charge is 2.23. The minimum atomic E-state index is -0.508. The van der Waals surface area contributed by atoms with Crippen LogP contribution in [0.5, 0.6) is 5.75 Å². The Balaban J connectivity index is 1.25. The van der Waals surface area contributed by atoms with Crippen molar-refractivity contribution in [3.8, 4) is 5.75 Å². The van der Waals surface area contributed by atoms with Crippen molar-refractivity contribution in [3.05, 3.63) is 64.4 Å². The molecule has 0 radical (unpaired) electrons. The van der Waals surface area contributed by atoms with Gasteiger partial charge < -0.3 is 23.7 Å². The normalized spacial score (nSPS) is 13.7. The second kappa shape index (κ2) is 9.60. The summed E-state index contributed by atoms with van der Waals surface area (Å²) in [6.07, 6.45) is 1.51. The summed E-state index contributed by atoms with van der Waals surface area (Å²) in [6.45, 7) is 1.80. The van der Waals surface area contributed by atoms with Crippen LogP contribution >= 0.6 is 0 Å². The van der Waals surface area contributed by atoms with E-state index in [1.807, 2.05) is 6.07 Å². The van der Waals surface area contributed by atoms with E-state index in [2.05, 4.69) is 4.90 Å². The maximum atomic E-state index is 12.5. The predicted molar refractivity (Wildman–Crippen MR) is 119 cm³/mol. The molecule has 2 heterocycles. The van der Waals surface area contributed by atoms with E-state index in [-0.39, 0.29) is 24.6 Å². The number of hydrogen-bond acceptors (Lipinski definition) is 8. The molecule has 1 aliphatic rings. The summed E-state index contributed by atoms with van der Waals surface area (Å²) in [6, 6.07) is 11.7. The van der Waals surface area contributed by atoms with Gasteiger partial charge in [0.15, 0.2) is 6.61 Å². The smallest absolute Gasteiger partial charge is 0.310 e. The Kier molecular flexibility index (Phi) is 6.43. The fourth-order valence-corrected chi connectivity index (χ4v) is 3.77. The number of anilines is 1. The van der Waals surface area contributed by atoms with Crippen LogP contribution in [0.15, 0.2) is 53.1 Å². The number of carbonyl (C=O) groups excluding carboxylic acids is 2. The van der Waals surface area contributed by atoms with E-state index in [1.165, 1.54) is 18.4 Å². The number of non-ortho nitro benzene ring substituents is 1. The van der Waals surface area contributed by atoms with Crippen LogP contribution in [0, 0.1) is 10.1 Å². The molecule has 4 rings (SSSR count). The molecule has 2 aromatic carbocycles. The van der Waals surface area contributed by atoms with Gasteiger partial charge in [-0.15, -0.1) is 0 Å². The van der Waals surface area contributed by atoms with Crippen molar-refractivity contribution >= 4 is 34.2 Å². The van der Waals surface area contributed by atoms with Gasteiger partial charge in [-0.05, 0) is 24.3 Å². The summed E-state index contributed by atoms with van der Waals surface area (Å²) in [5, 5.41) is 11.6. The summed E-state index contributed by atoms with van der Waals surface area (Å²) < 4.78 is 15.8. The number of benzene rings is 2. The molecule has 0 bridgehead atoms. The van der Waals surface area contributed by atoms with E-state index in [0.717, 1.165) is 11.1 Å². The third-order valence-electron chi connectivity index (χ3n) is 5.61. The molecule has 0 N–H and O–H groups in total. The zero-order chi connectivity index (χ0) is 23.4. The molecule has 1 aromatic heterocycles. The van der Waals surface area contributed by atoms with Gasteiger partial charge in [0.1, 0.15) is 11.3 Å². The second-order valence-corrected chi connectivity index (χ2v) is 7.60. The SMILES string of the molecule is COc1ccc2c(CC(=O)OCC(=O)N3CCN(c4ccc([N+](=O)[O-])cc4)CC3)coc2c1. The highest BCUT2D eigenvalue weighted by Crippen LogP contribution is 2.26. The van der Waals surface area contributed by atoms with E-state index in [1.54, 1.807) is 36.3 Å². The summed E-state index contributed by atoms with van der Waals surface area (Å²) >= 11 is 0. The van der Waals surface area contributed by atoms with Crippen LogP contribution in [0.2, 0.25) is 0 Å². The van der Waals surface area contributed by atoms with Crippen LogP contribution in [0.4, 0.5) is 11.4 Å². The van der Waals surface area contributed by atoms with Gasteiger partial charge in [-0.2, -0.15) is 0 Å². The Morgan fingerprint density at radius 2 is 1.82 bits per heavy atom. The molecule has 0 unspecified atom stereocenters. The van der Waals surface area contributed by atoms with Crippen molar-refractivity contribution in [2.45, 2.75) is 6.42 Å². The average molecular weight is 453 g/mol. The number of piperazine rings is 1. The summed E-state index contributed by atoms with van der Waals surface area (Å²) in [5.74, 6) is -0.106. The first-order valence-corrected chi connectivity index (χ1v) is 10.4. The largest absolute Gasteiger partial charge is 0.497 e. The van der Waals surface area contributed by atoms with Gasteiger partial charge in [0.2, 0.25) is 0 Å². The molecule has 33 heavy (non-hydrogen) atoms. The van der Waals surface area contributed by atoms with Gasteiger partial charge in [0, 0.05) is 61.0 Å². The first kappa shape index (κ1) is 22.1.